The summed E-state index contributed by atoms with van der Waals surface area (Å²) in [5.74, 6) is 0. The van der Waals surface area contributed by atoms with Crippen LogP contribution in [0.4, 0.5) is 0 Å². The molecular weight excluding hydrogens is 146 g/mol. The molecule has 1 aromatic carbocycles. The van der Waals surface area contributed by atoms with Crippen LogP contribution in [0.2, 0.25) is 0 Å². The van der Waals surface area contributed by atoms with Crippen LogP contribution in [0, 0.1) is 12.3 Å². The summed E-state index contributed by atoms with van der Waals surface area (Å²) in [6, 6.07) is 7.58. The zero-order chi connectivity index (χ0) is 7.56. The molecule has 0 aliphatic carbocycles. The molecule has 2 heteroatoms. The molecule has 0 saturated heterocycles. The second-order valence-corrected chi connectivity index (χ2v) is 2.51. The lowest BCUT2D eigenvalue weighted by Crippen LogP contribution is -1.91. The Labute approximate surface area is 65.1 Å². The second-order valence-electron chi connectivity index (χ2n) is 2.13. The quantitative estimate of drug-likeness (QED) is 0.600. The van der Waals surface area contributed by atoms with Crippen molar-refractivity contribution in [2.45, 2.75) is 6.92 Å². The average Bonchev–Trinajstić information content (AvgIpc) is 1.88. The van der Waals surface area contributed by atoms with Crippen LogP contribution in [0.1, 0.15) is 11.1 Å². The maximum atomic E-state index is 7.14. The number of halogens is 1. The van der Waals surface area contributed by atoms with Gasteiger partial charge in [-0.05, 0) is 12.5 Å². The van der Waals surface area contributed by atoms with Gasteiger partial charge in [-0.25, -0.2) is 0 Å². The molecule has 0 aliphatic rings. The van der Waals surface area contributed by atoms with E-state index in [9.17, 15) is 0 Å². The Morgan fingerprint density at radius 2 is 2.00 bits per heavy atom. The predicted octanol–water partition coefficient (Wildman–Crippen LogP) is 2.56. The van der Waals surface area contributed by atoms with E-state index in [1.54, 1.807) is 0 Å². The average molecular weight is 154 g/mol. The van der Waals surface area contributed by atoms with E-state index in [0.717, 1.165) is 11.1 Å². The minimum Gasteiger partial charge on any atom is -0.289 e. The summed E-state index contributed by atoms with van der Waals surface area (Å²) in [7, 11) is 0. The Kier molecular flexibility index (Phi) is 2.07. The van der Waals surface area contributed by atoms with Crippen molar-refractivity contribution in [3.63, 3.8) is 0 Å². The molecule has 1 nitrogen and oxygen atoms in total. The smallest absolute Gasteiger partial charge is 0.128 e. The van der Waals surface area contributed by atoms with Gasteiger partial charge < -0.3 is 0 Å². The van der Waals surface area contributed by atoms with Crippen molar-refractivity contribution >= 4 is 16.8 Å². The van der Waals surface area contributed by atoms with Crippen LogP contribution in [0.25, 0.3) is 0 Å². The molecule has 0 bridgehead atoms. The fraction of sp³-hybridized carbons (Fsp3) is 0.125. The van der Waals surface area contributed by atoms with E-state index >= 15 is 0 Å². The Bertz CT molecular complexity index is 255. The third-order valence-electron chi connectivity index (χ3n) is 1.38. The number of hydrogen-bond donors (Lipinski definition) is 1. The van der Waals surface area contributed by atoms with E-state index in [4.69, 9.17) is 17.0 Å². The first-order valence-corrected chi connectivity index (χ1v) is 3.39. The molecule has 1 aromatic rings. The van der Waals surface area contributed by atoms with Gasteiger partial charge in [0.15, 0.2) is 0 Å². The van der Waals surface area contributed by atoms with Gasteiger partial charge in [0, 0.05) is 5.56 Å². The highest BCUT2D eigenvalue weighted by atomic mass is 35.5. The van der Waals surface area contributed by atoms with Gasteiger partial charge in [-0.2, -0.15) is 0 Å². The highest BCUT2D eigenvalue weighted by Gasteiger charge is 1.98. The monoisotopic (exact) mass is 153 g/mol. The van der Waals surface area contributed by atoms with Crippen molar-refractivity contribution in [1.82, 2.24) is 0 Å². The number of rotatable bonds is 1. The minimum atomic E-state index is 0.109. The fourth-order valence-corrected chi connectivity index (χ4v) is 1.03. The normalized spacial score (nSPS) is 9.40. The van der Waals surface area contributed by atoms with Crippen molar-refractivity contribution in [1.29, 1.82) is 5.41 Å². The Morgan fingerprint density at radius 1 is 1.40 bits per heavy atom. The SMILES string of the molecule is Cc1ccccc1C(=N)Cl. The second kappa shape index (κ2) is 2.84. The van der Waals surface area contributed by atoms with Crippen molar-refractivity contribution in [2.75, 3.05) is 0 Å². The van der Waals surface area contributed by atoms with E-state index in [1.807, 2.05) is 31.2 Å². The van der Waals surface area contributed by atoms with Gasteiger partial charge in [-0.1, -0.05) is 35.9 Å². The summed E-state index contributed by atoms with van der Waals surface area (Å²) in [6.45, 7) is 1.94. The van der Waals surface area contributed by atoms with Crippen LogP contribution in [0.3, 0.4) is 0 Å². The summed E-state index contributed by atoms with van der Waals surface area (Å²) in [6.07, 6.45) is 0. The molecule has 0 spiro atoms. The van der Waals surface area contributed by atoms with Crippen LogP contribution >= 0.6 is 11.6 Å². The Morgan fingerprint density at radius 3 is 2.40 bits per heavy atom. The first-order chi connectivity index (χ1) is 4.72. The molecule has 0 unspecified atom stereocenters. The van der Waals surface area contributed by atoms with Crippen molar-refractivity contribution in [3.05, 3.63) is 35.4 Å². The summed E-state index contributed by atoms with van der Waals surface area (Å²) in [4.78, 5) is 0. The van der Waals surface area contributed by atoms with Crippen molar-refractivity contribution in [3.8, 4) is 0 Å². The molecule has 1 N–H and O–H groups in total. The highest BCUT2D eigenvalue weighted by molar-refractivity contribution is 6.68. The molecule has 0 radical (unpaired) electrons. The fourth-order valence-electron chi connectivity index (χ4n) is 0.819. The summed E-state index contributed by atoms with van der Waals surface area (Å²) in [5, 5.41) is 7.25. The first kappa shape index (κ1) is 7.29. The van der Waals surface area contributed by atoms with E-state index in [-0.39, 0.29) is 5.17 Å². The molecule has 10 heavy (non-hydrogen) atoms. The maximum absolute atomic E-state index is 7.14. The molecule has 1 rings (SSSR count). The van der Waals surface area contributed by atoms with Gasteiger partial charge >= 0.3 is 0 Å². The lowest BCUT2D eigenvalue weighted by molar-refractivity contribution is 1.42. The maximum Gasteiger partial charge on any atom is 0.128 e. The van der Waals surface area contributed by atoms with Crippen LogP contribution in [0.5, 0.6) is 0 Å². The standard InChI is InChI=1S/C8H8ClN/c1-6-4-2-3-5-7(6)8(9)10/h2-5,10H,1H3. The van der Waals surface area contributed by atoms with Crippen LogP contribution in [-0.2, 0) is 0 Å². The Balaban J connectivity index is 3.15. The summed E-state index contributed by atoms with van der Waals surface area (Å²) in [5.41, 5.74) is 1.85. The van der Waals surface area contributed by atoms with Crippen LogP contribution in [0.15, 0.2) is 24.3 Å². The van der Waals surface area contributed by atoms with E-state index < -0.39 is 0 Å². The predicted molar refractivity (Wildman–Crippen MR) is 43.9 cm³/mol. The lowest BCUT2D eigenvalue weighted by atomic mass is 10.1. The van der Waals surface area contributed by atoms with Crippen molar-refractivity contribution in [2.24, 2.45) is 0 Å². The van der Waals surface area contributed by atoms with Gasteiger partial charge in [0.1, 0.15) is 5.17 Å². The van der Waals surface area contributed by atoms with Gasteiger partial charge in [-0.3, -0.25) is 5.41 Å². The van der Waals surface area contributed by atoms with E-state index in [1.165, 1.54) is 0 Å². The van der Waals surface area contributed by atoms with Gasteiger partial charge in [0.05, 0.1) is 0 Å². The van der Waals surface area contributed by atoms with Crippen LogP contribution < -0.4 is 0 Å². The molecular formula is C8H8ClN. The third kappa shape index (κ3) is 1.36. The molecule has 0 saturated carbocycles. The van der Waals surface area contributed by atoms with E-state index in [2.05, 4.69) is 0 Å². The van der Waals surface area contributed by atoms with Gasteiger partial charge in [0.2, 0.25) is 0 Å². The third-order valence-corrected chi connectivity index (χ3v) is 1.59. The van der Waals surface area contributed by atoms with Crippen molar-refractivity contribution < 1.29 is 0 Å². The minimum absolute atomic E-state index is 0.109. The number of nitrogens with one attached hydrogen (secondary N) is 1. The zero-order valence-electron chi connectivity index (χ0n) is 5.69. The largest absolute Gasteiger partial charge is 0.289 e. The highest BCUT2D eigenvalue weighted by Crippen LogP contribution is 2.08. The number of aryl methyl sites for hydroxylation is 1. The molecule has 0 heterocycles. The molecule has 0 amide bonds. The topological polar surface area (TPSA) is 23.9 Å². The molecule has 0 fully saturated rings. The number of benzene rings is 1. The Hall–Kier alpha value is -0.820. The first-order valence-electron chi connectivity index (χ1n) is 3.02. The molecule has 0 atom stereocenters. The summed E-state index contributed by atoms with van der Waals surface area (Å²) < 4.78 is 0. The summed E-state index contributed by atoms with van der Waals surface area (Å²) >= 11 is 5.49. The molecule has 0 aliphatic heterocycles. The van der Waals surface area contributed by atoms with Gasteiger partial charge in [0.25, 0.3) is 0 Å². The number of hydrogen-bond acceptors (Lipinski definition) is 1. The van der Waals surface area contributed by atoms with E-state index in [0.29, 0.717) is 0 Å². The van der Waals surface area contributed by atoms with Crippen LogP contribution in [-0.4, -0.2) is 5.17 Å². The lowest BCUT2D eigenvalue weighted by Gasteiger charge is -1.98. The van der Waals surface area contributed by atoms with Gasteiger partial charge in [-0.15, -0.1) is 0 Å². The molecule has 52 valence electrons. The molecule has 0 aromatic heterocycles. The zero-order valence-corrected chi connectivity index (χ0v) is 6.44.